The Kier molecular flexibility index (Phi) is 9.64. The summed E-state index contributed by atoms with van der Waals surface area (Å²) in [6.45, 7) is 8.28. The molecule has 41 heavy (non-hydrogen) atoms. The van der Waals surface area contributed by atoms with Gasteiger partial charge >= 0.3 is 0 Å². The molecule has 7 nitrogen and oxygen atoms in total. The molecule has 0 heterocycles. The standard InChI is InChI=1S/C34H37N3O4/c1-6-37(36-28-12-16-29(40-5)17-13-28)34(39)32(35-33(38)27-9-7-8-23(2)19-27)22-26-10-14-30(15-11-26)41-31-20-24(3)18-25(4)21-31/h7-21,32,36H,6,22H2,1-5H3,(H,35,38). The van der Waals surface area contributed by atoms with Gasteiger partial charge < -0.3 is 14.8 Å². The lowest BCUT2D eigenvalue weighted by atomic mass is 10.0. The van der Waals surface area contributed by atoms with Crippen LogP contribution in [0.1, 0.15) is 39.5 Å². The van der Waals surface area contributed by atoms with Crippen molar-refractivity contribution in [3.8, 4) is 17.2 Å². The SMILES string of the molecule is CCN(Nc1ccc(OC)cc1)C(=O)C(Cc1ccc(Oc2cc(C)cc(C)c2)cc1)NC(=O)c1cccc(C)c1. The van der Waals surface area contributed by atoms with Gasteiger partial charge in [0.15, 0.2) is 0 Å². The van der Waals surface area contributed by atoms with Crippen molar-refractivity contribution >= 4 is 17.5 Å². The molecule has 0 fully saturated rings. The number of methoxy groups -OCH3 is 1. The number of hydrazine groups is 1. The number of benzene rings is 4. The third-order valence-corrected chi connectivity index (χ3v) is 6.61. The van der Waals surface area contributed by atoms with Gasteiger partial charge in [-0.1, -0.05) is 35.9 Å². The van der Waals surface area contributed by atoms with Crippen LogP contribution in [0.2, 0.25) is 0 Å². The summed E-state index contributed by atoms with van der Waals surface area (Å²) in [7, 11) is 1.61. The molecule has 7 heteroatoms. The normalized spacial score (nSPS) is 11.3. The molecule has 0 radical (unpaired) electrons. The van der Waals surface area contributed by atoms with E-state index < -0.39 is 6.04 Å². The van der Waals surface area contributed by atoms with E-state index in [2.05, 4.69) is 16.8 Å². The average Bonchev–Trinajstić information content (AvgIpc) is 2.96. The number of nitrogens with zero attached hydrogens (tertiary/aromatic N) is 1. The van der Waals surface area contributed by atoms with Gasteiger partial charge in [-0.05, 0) is 105 Å². The first-order valence-electron chi connectivity index (χ1n) is 13.7. The van der Waals surface area contributed by atoms with Crippen molar-refractivity contribution < 1.29 is 19.1 Å². The quantitative estimate of drug-likeness (QED) is 0.205. The number of rotatable bonds is 11. The van der Waals surface area contributed by atoms with E-state index in [9.17, 15) is 9.59 Å². The Balaban J connectivity index is 1.54. The van der Waals surface area contributed by atoms with Gasteiger partial charge in [-0.15, -0.1) is 0 Å². The van der Waals surface area contributed by atoms with Gasteiger partial charge in [0.1, 0.15) is 23.3 Å². The Morgan fingerprint density at radius 2 is 1.44 bits per heavy atom. The number of carbonyl (C=O) groups is 2. The van der Waals surface area contributed by atoms with Crippen LogP contribution < -0.4 is 20.2 Å². The topological polar surface area (TPSA) is 79.9 Å². The molecular weight excluding hydrogens is 514 g/mol. The summed E-state index contributed by atoms with van der Waals surface area (Å²) in [5.74, 6) is 1.64. The van der Waals surface area contributed by atoms with Crippen molar-refractivity contribution in [1.82, 2.24) is 10.3 Å². The van der Waals surface area contributed by atoms with Crippen molar-refractivity contribution in [2.45, 2.75) is 40.2 Å². The molecule has 0 aliphatic rings. The smallest absolute Gasteiger partial charge is 0.263 e. The molecular formula is C34H37N3O4. The Hall–Kier alpha value is -4.78. The van der Waals surface area contributed by atoms with E-state index in [1.807, 2.05) is 107 Å². The molecule has 2 N–H and O–H groups in total. The Labute approximate surface area is 242 Å². The van der Waals surface area contributed by atoms with Crippen LogP contribution in [0.25, 0.3) is 0 Å². The molecule has 0 aliphatic carbocycles. The molecule has 0 aliphatic heterocycles. The number of amides is 2. The first kappa shape index (κ1) is 29.2. The number of hydrogen-bond acceptors (Lipinski definition) is 5. The predicted molar refractivity (Wildman–Crippen MR) is 163 cm³/mol. The molecule has 212 valence electrons. The number of anilines is 1. The van der Waals surface area contributed by atoms with Crippen molar-refractivity contribution in [2.75, 3.05) is 19.1 Å². The monoisotopic (exact) mass is 551 g/mol. The van der Waals surface area contributed by atoms with Gasteiger partial charge in [-0.2, -0.15) is 0 Å². The third-order valence-electron chi connectivity index (χ3n) is 6.61. The zero-order chi connectivity index (χ0) is 29.4. The van der Waals surface area contributed by atoms with E-state index in [0.29, 0.717) is 24.3 Å². The third kappa shape index (κ3) is 8.11. The lowest BCUT2D eigenvalue weighted by Crippen LogP contribution is -2.51. The molecule has 0 saturated heterocycles. The first-order valence-corrected chi connectivity index (χ1v) is 13.7. The van der Waals surface area contributed by atoms with Crippen LogP contribution in [0.3, 0.4) is 0 Å². The molecule has 2 amide bonds. The first-order chi connectivity index (χ1) is 19.7. The number of ether oxygens (including phenoxy) is 2. The molecule has 1 atom stereocenters. The van der Waals surface area contributed by atoms with Crippen LogP contribution in [-0.4, -0.2) is 36.5 Å². The van der Waals surface area contributed by atoms with Crippen molar-refractivity contribution in [3.63, 3.8) is 0 Å². The van der Waals surface area contributed by atoms with Gasteiger partial charge in [0, 0.05) is 18.5 Å². The fourth-order valence-electron chi connectivity index (χ4n) is 4.58. The number of likely N-dealkylation sites (N-methyl/N-ethyl adjacent to an activating group) is 1. The fourth-order valence-corrected chi connectivity index (χ4v) is 4.58. The Bertz CT molecular complexity index is 1460. The lowest BCUT2D eigenvalue weighted by molar-refractivity contribution is -0.131. The minimum absolute atomic E-state index is 0.250. The average molecular weight is 552 g/mol. The van der Waals surface area contributed by atoms with E-state index in [1.165, 1.54) is 5.01 Å². The van der Waals surface area contributed by atoms with Crippen LogP contribution in [0.15, 0.2) is 91.0 Å². The molecule has 0 aromatic heterocycles. The number of aryl methyl sites for hydroxylation is 3. The highest BCUT2D eigenvalue weighted by Crippen LogP contribution is 2.25. The highest BCUT2D eigenvalue weighted by molar-refractivity contribution is 5.98. The molecule has 4 rings (SSSR count). The zero-order valence-corrected chi connectivity index (χ0v) is 24.2. The van der Waals surface area contributed by atoms with Crippen molar-refractivity contribution in [3.05, 3.63) is 119 Å². The van der Waals surface area contributed by atoms with Crippen LogP contribution in [0.5, 0.6) is 17.2 Å². The second-order valence-corrected chi connectivity index (χ2v) is 10.1. The van der Waals surface area contributed by atoms with E-state index in [1.54, 1.807) is 13.2 Å². The number of carbonyl (C=O) groups excluding carboxylic acids is 2. The van der Waals surface area contributed by atoms with Crippen LogP contribution in [0.4, 0.5) is 5.69 Å². The van der Waals surface area contributed by atoms with Crippen molar-refractivity contribution in [1.29, 1.82) is 0 Å². The molecule has 0 spiro atoms. The summed E-state index contributed by atoms with van der Waals surface area (Å²) in [6.07, 6.45) is 0.307. The molecule has 4 aromatic rings. The van der Waals surface area contributed by atoms with Crippen LogP contribution in [-0.2, 0) is 11.2 Å². The summed E-state index contributed by atoms with van der Waals surface area (Å²) in [5, 5.41) is 4.49. The maximum absolute atomic E-state index is 13.8. The van der Waals surface area contributed by atoms with Gasteiger partial charge in [-0.25, -0.2) is 0 Å². The summed E-state index contributed by atoms with van der Waals surface area (Å²) < 4.78 is 11.3. The largest absolute Gasteiger partial charge is 0.497 e. The van der Waals surface area contributed by atoms with Crippen molar-refractivity contribution in [2.24, 2.45) is 0 Å². The zero-order valence-electron chi connectivity index (χ0n) is 24.2. The molecule has 4 aromatic carbocycles. The second kappa shape index (κ2) is 13.5. The highest BCUT2D eigenvalue weighted by Gasteiger charge is 2.26. The van der Waals surface area contributed by atoms with E-state index in [4.69, 9.17) is 9.47 Å². The van der Waals surface area contributed by atoms with Crippen LogP contribution in [0, 0.1) is 20.8 Å². The summed E-state index contributed by atoms with van der Waals surface area (Å²) in [5.41, 5.74) is 8.53. The van der Waals surface area contributed by atoms with E-state index >= 15 is 0 Å². The fraction of sp³-hybridized carbons (Fsp3) is 0.235. The van der Waals surface area contributed by atoms with Gasteiger partial charge in [0.2, 0.25) is 0 Å². The number of nitrogens with one attached hydrogen (secondary N) is 2. The predicted octanol–water partition coefficient (Wildman–Crippen LogP) is 6.63. The summed E-state index contributed by atoms with van der Waals surface area (Å²) >= 11 is 0. The van der Waals surface area contributed by atoms with E-state index in [0.717, 1.165) is 39.4 Å². The van der Waals surface area contributed by atoms with Gasteiger partial charge in [0.05, 0.1) is 12.8 Å². The van der Waals surface area contributed by atoms with Gasteiger partial charge in [-0.3, -0.25) is 20.0 Å². The minimum atomic E-state index is -0.806. The van der Waals surface area contributed by atoms with Gasteiger partial charge in [0.25, 0.3) is 11.8 Å². The number of hydrogen-bond donors (Lipinski definition) is 2. The molecule has 0 saturated carbocycles. The maximum atomic E-state index is 13.8. The highest BCUT2D eigenvalue weighted by atomic mass is 16.5. The molecule has 0 bridgehead atoms. The molecule has 1 unspecified atom stereocenters. The summed E-state index contributed by atoms with van der Waals surface area (Å²) in [4.78, 5) is 27.0. The Morgan fingerprint density at radius 1 is 0.780 bits per heavy atom. The summed E-state index contributed by atoms with van der Waals surface area (Å²) in [6, 6.07) is 27.5. The maximum Gasteiger partial charge on any atom is 0.263 e. The minimum Gasteiger partial charge on any atom is -0.497 e. The second-order valence-electron chi connectivity index (χ2n) is 10.1. The van der Waals surface area contributed by atoms with Crippen LogP contribution >= 0.6 is 0 Å². The van der Waals surface area contributed by atoms with E-state index in [-0.39, 0.29) is 11.8 Å². The lowest BCUT2D eigenvalue weighted by Gasteiger charge is -2.28. The Morgan fingerprint density at radius 3 is 2.05 bits per heavy atom.